The zero-order valence-corrected chi connectivity index (χ0v) is 7.17. The quantitative estimate of drug-likeness (QED) is 0.579. The van der Waals surface area contributed by atoms with Gasteiger partial charge < -0.3 is 0 Å². The van der Waals surface area contributed by atoms with Gasteiger partial charge in [-0.05, 0) is 30.7 Å². The Morgan fingerprint density at radius 2 is 2.33 bits per heavy atom. The highest BCUT2D eigenvalue weighted by atomic mass is 15.3. The molecule has 2 nitrogen and oxygen atoms in total. The van der Waals surface area contributed by atoms with Crippen LogP contribution in [0.5, 0.6) is 0 Å². The van der Waals surface area contributed by atoms with E-state index in [0.717, 1.165) is 5.92 Å². The summed E-state index contributed by atoms with van der Waals surface area (Å²) in [5, 5.41) is 4.42. The molecule has 1 aromatic rings. The summed E-state index contributed by atoms with van der Waals surface area (Å²) in [4.78, 5) is 0. The lowest BCUT2D eigenvalue weighted by Gasteiger charge is -2.15. The summed E-state index contributed by atoms with van der Waals surface area (Å²) >= 11 is 0. The van der Waals surface area contributed by atoms with Crippen molar-refractivity contribution in [1.29, 1.82) is 0 Å². The lowest BCUT2D eigenvalue weighted by Crippen LogP contribution is -2.04. The van der Waals surface area contributed by atoms with E-state index in [1.54, 1.807) is 0 Å². The third-order valence-corrected chi connectivity index (χ3v) is 2.52. The fourth-order valence-electron chi connectivity index (χ4n) is 1.89. The lowest BCUT2D eigenvalue weighted by atomic mass is 9.89. The molecule has 1 aliphatic carbocycles. The van der Waals surface area contributed by atoms with Crippen molar-refractivity contribution in [2.75, 3.05) is 0 Å². The highest BCUT2D eigenvalue weighted by Gasteiger charge is 2.18. The number of aromatic nitrogens is 2. The molecule has 1 unspecified atom stereocenters. The first-order valence-corrected chi connectivity index (χ1v) is 4.30. The van der Waals surface area contributed by atoms with Crippen molar-refractivity contribution in [3.05, 3.63) is 17.5 Å². The summed E-state index contributed by atoms with van der Waals surface area (Å²) in [5.74, 6) is 0.729. The monoisotopic (exact) mass is 166 g/mol. The molecule has 0 bridgehead atoms. The molecule has 2 rings (SSSR count). The fourth-order valence-corrected chi connectivity index (χ4v) is 1.89. The summed E-state index contributed by atoms with van der Waals surface area (Å²) in [6.07, 6.45) is 5.99. The topological polar surface area (TPSA) is 17.8 Å². The molecule has 68 valence electrons. The van der Waals surface area contributed by atoms with Crippen LogP contribution in [0.15, 0.2) is 6.20 Å². The van der Waals surface area contributed by atoms with Crippen molar-refractivity contribution >= 4 is 0 Å². The van der Waals surface area contributed by atoms with Gasteiger partial charge in [0.05, 0.1) is 5.69 Å². The van der Waals surface area contributed by atoms with Gasteiger partial charge in [-0.15, -0.1) is 0 Å². The van der Waals surface area contributed by atoms with Gasteiger partial charge in [0.15, 0.2) is 0 Å². The van der Waals surface area contributed by atoms with Crippen LogP contribution in [0.2, 0.25) is 0 Å². The molecule has 0 N–H and O–H groups in total. The summed E-state index contributed by atoms with van der Waals surface area (Å²) in [6, 6.07) is 0. The van der Waals surface area contributed by atoms with Gasteiger partial charge >= 0.3 is 0 Å². The van der Waals surface area contributed by atoms with Crippen LogP contribution in [0.4, 0.5) is 0 Å². The minimum atomic E-state index is 0. The average molecular weight is 166 g/mol. The van der Waals surface area contributed by atoms with E-state index in [0.29, 0.717) is 0 Å². The normalized spacial score (nSPS) is 21.3. The number of hydrogen-bond acceptors (Lipinski definition) is 1. The summed E-state index contributed by atoms with van der Waals surface area (Å²) in [5.41, 5.74) is 2.80. The van der Waals surface area contributed by atoms with Crippen molar-refractivity contribution in [1.82, 2.24) is 9.78 Å². The van der Waals surface area contributed by atoms with E-state index >= 15 is 0 Å². The van der Waals surface area contributed by atoms with Crippen LogP contribution in [0, 0.1) is 0 Å². The van der Waals surface area contributed by atoms with Crippen LogP contribution in [0.25, 0.3) is 0 Å². The average Bonchev–Trinajstić information content (AvgIpc) is 2.31. The number of fused-ring (bicyclic) bond motifs is 1. The first-order chi connectivity index (χ1) is 5.27. The van der Waals surface area contributed by atoms with Crippen LogP contribution in [0.3, 0.4) is 0 Å². The van der Waals surface area contributed by atoms with Crippen LogP contribution >= 0.6 is 0 Å². The standard InChI is InChI=1S/C9H14N2.CH4/c1-7-4-3-5-9-8(7)6-11(2)10-9;/h6-7H,3-5H2,1-2H3;1H4. The minimum Gasteiger partial charge on any atom is -0.275 e. The molecule has 0 saturated heterocycles. The predicted molar refractivity (Wildman–Crippen MR) is 51.3 cm³/mol. The van der Waals surface area contributed by atoms with E-state index in [4.69, 9.17) is 0 Å². The minimum absolute atomic E-state index is 0. The zero-order valence-electron chi connectivity index (χ0n) is 7.17. The van der Waals surface area contributed by atoms with Crippen LogP contribution in [0.1, 0.15) is 44.4 Å². The summed E-state index contributed by atoms with van der Waals surface area (Å²) < 4.78 is 1.94. The number of hydrogen-bond donors (Lipinski definition) is 0. The van der Waals surface area contributed by atoms with Gasteiger partial charge in [0.25, 0.3) is 0 Å². The second-order valence-electron chi connectivity index (χ2n) is 3.50. The molecule has 1 atom stereocenters. The van der Waals surface area contributed by atoms with Crippen molar-refractivity contribution in [2.24, 2.45) is 7.05 Å². The van der Waals surface area contributed by atoms with Crippen molar-refractivity contribution < 1.29 is 0 Å². The van der Waals surface area contributed by atoms with Crippen molar-refractivity contribution in [3.63, 3.8) is 0 Å². The SMILES string of the molecule is C.CC1CCCc2nn(C)cc21. The number of aryl methyl sites for hydroxylation is 2. The Kier molecular flexibility index (Phi) is 2.55. The van der Waals surface area contributed by atoms with Gasteiger partial charge in [0, 0.05) is 13.2 Å². The van der Waals surface area contributed by atoms with E-state index < -0.39 is 0 Å². The molecular weight excluding hydrogens is 148 g/mol. The number of nitrogens with zero attached hydrogens (tertiary/aromatic N) is 2. The highest BCUT2D eigenvalue weighted by molar-refractivity contribution is 5.23. The molecule has 2 heteroatoms. The molecule has 1 aliphatic rings. The molecule has 0 fully saturated rings. The Hall–Kier alpha value is -0.790. The van der Waals surface area contributed by atoms with Gasteiger partial charge in [-0.25, -0.2) is 0 Å². The van der Waals surface area contributed by atoms with E-state index in [2.05, 4.69) is 18.2 Å². The summed E-state index contributed by atoms with van der Waals surface area (Å²) in [7, 11) is 2.00. The number of rotatable bonds is 0. The van der Waals surface area contributed by atoms with Gasteiger partial charge in [0.2, 0.25) is 0 Å². The first-order valence-electron chi connectivity index (χ1n) is 4.30. The third kappa shape index (κ3) is 1.38. The molecule has 0 amide bonds. The molecule has 0 aromatic carbocycles. The molecule has 0 spiro atoms. The van der Waals surface area contributed by atoms with E-state index in [1.807, 2.05) is 11.7 Å². The van der Waals surface area contributed by atoms with E-state index in [9.17, 15) is 0 Å². The largest absolute Gasteiger partial charge is 0.275 e. The maximum Gasteiger partial charge on any atom is 0.0659 e. The second kappa shape index (κ2) is 3.30. The third-order valence-electron chi connectivity index (χ3n) is 2.52. The van der Waals surface area contributed by atoms with Crippen LogP contribution in [-0.4, -0.2) is 9.78 Å². The van der Waals surface area contributed by atoms with Crippen molar-refractivity contribution in [2.45, 2.75) is 39.5 Å². The highest BCUT2D eigenvalue weighted by Crippen LogP contribution is 2.29. The van der Waals surface area contributed by atoms with Crippen molar-refractivity contribution in [3.8, 4) is 0 Å². The molecular formula is C10H18N2. The fraction of sp³-hybridized carbons (Fsp3) is 0.700. The smallest absolute Gasteiger partial charge is 0.0659 e. The Morgan fingerprint density at radius 1 is 1.58 bits per heavy atom. The summed E-state index contributed by atoms with van der Waals surface area (Å²) in [6.45, 7) is 2.29. The zero-order chi connectivity index (χ0) is 7.84. The van der Waals surface area contributed by atoms with Gasteiger partial charge in [0.1, 0.15) is 0 Å². The van der Waals surface area contributed by atoms with Gasteiger partial charge in [-0.1, -0.05) is 14.4 Å². The molecule has 0 saturated carbocycles. The van der Waals surface area contributed by atoms with E-state index in [-0.39, 0.29) is 7.43 Å². The van der Waals surface area contributed by atoms with Crippen LogP contribution < -0.4 is 0 Å². The first kappa shape index (κ1) is 9.30. The Bertz CT molecular complexity index is 263. The Morgan fingerprint density at radius 3 is 3.00 bits per heavy atom. The second-order valence-corrected chi connectivity index (χ2v) is 3.50. The lowest BCUT2D eigenvalue weighted by molar-refractivity contribution is 0.584. The van der Waals surface area contributed by atoms with Crippen LogP contribution in [-0.2, 0) is 13.5 Å². The predicted octanol–water partition coefficient (Wildman–Crippen LogP) is 2.50. The molecule has 12 heavy (non-hydrogen) atoms. The molecule has 1 heterocycles. The van der Waals surface area contributed by atoms with E-state index in [1.165, 1.54) is 30.5 Å². The molecule has 0 radical (unpaired) electrons. The molecule has 1 aromatic heterocycles. The van der Waals surface area contributed by atoms with Gasteiger partial charge in [-0.3, -0.25) is 4.68 Å². The maximum atomic E-state index is 4.42. The Labute approximate surface area is 74.6 Å². The van der Waals surface area contributed by atoms with Gasteiger partial charge in [-0.2, -0.15) is 5.10 Å². The molecule has 0 aliphatic heterocycles. The Balaban J connectivity index is 0.000000720. The maximum absolute atomic E-state index is 4.42.